The minimum absolute atomic E-state index is 0.131. The zero-order valence-electron chi connectivity index (χ0n) is 17.2. The minimum atomic E-state index is -3.94. The monoisotopic (exact) mass is 429 g/mol. The Bertz CT molecular complexity index is 1030. The minimum Gasteiger partial charge on any atom is -0.369 e. The van der Waals surface area contributed by atoms with E-state index in [0.717, 1.165) is 11.1 Å². The summed E-state index contributed by atoms with van der Waals surface area (Å²) in [5, 5.41) is 0. The van der Waals surface area contributed by atoms with Gasteiger partial charge in [0.15, 0.2) is 0 Å². The molecule has 1 aliphatic rings. The first-order valence-corrected chi connectivity index (χ1v) is 11.4. The molecule has 30 heavy (non-hydrogen) atoms. The van der Waals surface area contributed by atoms with Crippen LogP contribution in [0.5, 0.6) is 0 Å². The van der Waals surface area contributed by atoms with E-state index in [9.17, 15) is 18.0 Å². The number of benzene rings is 2. The van der Waals surface area contributed by atoms with Gasteiger partial charge in [0, 0.05) is 19.0 Å². The number of piperidine rings is 1. The highest BCUT2D eigenvalue weighted by Gasteiger charge is 2.32. The Labute approximate surface area is 177 Å². The van der Waals surface area contributed by atoms with Gasteiger partial charge in [0.1, 0.15) is 6.54 Å². The van der Waals surface area contributed by atoms with E-state index in [1.807, 2.05) is 26.0 Å². The first-order chi connectivity index (χ1) is 14.2. The van der Waals surface area contributed by atoms with Gasteiger partial charge >= 0.3 is 0 Å². The number of nitrogens with two attached hydrogens (primary N) is 1. The average Bonchev–Trinajstić information content (AvgIpc) is 2.74. The van der Waals surface area contributed by atoms with Crippen molar-refractivity contribution in [1.82, 2.24) is 4.90 Å². The fraction of sp³-hybridized carbons (Fsp3) is 0.364. The van der Waals surface area contributed by atoms with Gasteiger partial charge in [-0.1, -0.05) is 30.3 Å². The molecule has 2 aromatic rings. The number of carbonyl (C=O) groups is 2. The summed E-state index contributed by atoms with van der Waals surface area (Å²) in [5.41, 5.74) is 7.52. The van der Waals surface area contributed by atoms with Crippen molar-refractivity contribution in [1.29, 1.82) is 0 Å². The third kappa shape index (κ3) is 4.64. The second kappa shape index (κ2) is 8.87. The summed E-state index contributed by atoms with van der Waals surface area (Å²) in [4.78, 5) is 26.2. The number of nitrogens with zero attached hydrogens (tertiary/aromatic N) is 2. The molecule has 0 spiro atoms. The van der Waals surface area contributed by atoms with Crippen molar-refractivity contribution < 1.29 is 18.0 Å². The number of rotatable bonds is 6. The molecule has 1 heterocycles. The van der Waals surface area contributed by atoms with Crippen LogP contribution in [-0.2, 0) is 19.6 Å². The van der Waals surface area contributed by atoms with Crippen LogP contribution in [0.1, 0.15) is 24.0 Å². The SMILES string of the molecule is Cc1ccc(C)c(N(CC(=O)N2CCC(C(N)=O)CC2)S(=O)(=O)c2ccccc2)c1. The second-order valence-corrected chi connectivity index (χ2v) is 9.53. The molecule has 160 valence electrons. The number of sulfonamides is 1. The molecule has 2 aromatic carbocycles. The van der Waals surface area contributed by atoms with Gasteiger partial charge in [-0.2, -0.15) is 0 Å². The van der Waals surface area contributed by atoms with E-state index in [0.29, 0.717) is 31.6 Å². The van der Waals surface area contributed by atoms with Crippen molar-refractivity contribution in [2.45, 2.75) is 31.6 Å². The molecule has 0 unspecified atom stereocenters. The Morgan fingerprint density at radius 2 is 1.70 bits per heavy atom. The molecule has 2 N–H and O–H groups in total. The van der Waals surface area contributed by atoms with Gasteiger partial charge in [-0.25, -0.2) is 8.42 Å². The summed E-state index contributed by atoms with van der Waals surface area (Å²) in [5.74, 6) is -0.888. The van der Waals surface area contributed by atoms with Gasteiger partial charge < -0.3 is 10.6 Å². The van der Waals surface area contributed by atoms with E-state index >= 15 is 0 Å². The molecule has 0 bridgehead atoms. The number of carbonyl (C=O) groups excluding carboxylic acids is 2. The fourth-order valence-electron chi connectivity index (χ4n) is 3.64. The molecule has 0 saturated carbocycles. The first-order valence-electron chi connectivity index (χ1n) is 9.92. The van der Waals surface area contributed by atoms with Crippen molar-refractivity contribution in [3.63, 3.8) is 0 Å². The summed E-state index contributed by atoms with van der Waals surface area (Å²) in [6.07, 6.45) is 0.992. The predicted octanol–water partition coefficient (Wildman–Crippen LogP) is 2.22. The van der Waals surface area contributed by atoms with E-state index in [1.165, 1.54) is 16.4 Å². The topological polar surface area (TPSA) is 101 Å². The lowest BCUT2D eigenvalue weighted by Crippen LogP contribution is -2.47. The molecular formula is C22H27N3O4S. The lowest BCUT2D eigenvalue weighted by Gasteiger charge is -2.33. The van der Waals surface area contributed by atoms with Crippen LogP contribution < -0.4 is 10.0 Å². The smallest absolute Gasteiger partial charge is 0.264 e. The standard InChI is InChI=1S/C22H27N3O4S/c1-16-8-9-17(2)20(14-16)25(30(28,29)19-6-4-3-5-7-19)15-21(26)24-12-10-18(11-13-24)22(23)27/h3-9,14,18H,10-13,15H2,1-2H3,(H2,23,27). The highest BCUT2D eigenvalue weighted by molar-refractivity contribution is 7.92. The van der Waals surface area contributed by atoms with Crippen molar-refractivity contribution >= 4 is 27.5 Å². The summed E-state index contributed by atoms with van der Waals surface area (Å²) >= 11 is 0. The normalized spacial score (nSPS) is 15.1. The highest BCUT2D eigenvalue weighted by Crippen LogP contribution is 2.28. The van der Waals surface area contributed by atoms with E-state index in [-0.39, 0.29) is 29.2 Å². The molecule has 7 nitrogen and oxygen atoms in total. The van der Waals surface area contributed by atoms with E-state index in [4.69, 9.17) is 5.73 Å². The maximum absolute atomic E-state index is 13.4. The lowest BCUT2D eigenvalue weighted by molar-refractivity contribution is -0.133. The molecule has 0 atom stereocenters. The summed E-state index contributed by atoms with van der Waals surface area (Å²) in [7, 11) is -3.94. The van der Waals surface area contributed by atoms with Crippen LogP contribution in [0, 0.1) is 19.8 Å². The van der Waals surface area contributed by atoms with Crippen LogP contribution in [0.4, 0.5) is 5.69 Å². The largest absolute Gasteiger partial charge is 0.369 e. The van der Waals surface area contributed by atoms with E-state index in [1.54, 1.807) is 29.2 Å². The molecule has 2 amide bonds. The Morgan fingerprint density at radius 3 is 2.30 bits per heavy atom. The van der Waals surface area contributed by atoms with Crippen molar-refractivity contribution in [3.8, 4) is 0 Å². The van der Waals surface area contributed by atoms with Crippen molar-refractivity contribution in [3.05, 3.63) is 59.7 Å². The number of amides is 2. The molecule has 1 saturated heterocycles. The zero-order chi connectivity index (χ0) is 21.9. The Kier molecular flexibility index (Phi) is 6.45. The van der Waals surface area contributed by atoms with Crippen molar-refractivity contribution in [2.24, 2.45) is 11.7 Å². The Hall–Kier alpha value is -2.87. The van der Waals surface area contributed by atoms with Gasteiger partial charge in [0.05, 0.1) is 10.6 Å². The quantitative estimate of drug-likeness (QED) is 0.761. The summed E-state index contributed by atoms with van der Waals surface area (Å²) in [6.45, 7) is 4.18. The number of hydrogen-bond donors (Lipinski definition) is 1. The third-order valence-corrected chi connectivity index (χ3v) is 7.27. The summed E-state index contributed by atoms with van der Waals surface area (Å²) in [6, 6.07) is 13.6. The molecule has 0 radical (unpaired) electrons. The van der Waals surface area contributed by atoms with Crippen LogP contribution in [0.3, 0.4) is 0 Å². The van der Waals surface area contributed by atoms with Crippen LogP contribution in [0.15, 0.2) is 53.4 Å². The van der Waals surface area contributed by atoms with E-state index < -0.39 is 10.0 Å². The Balaban J connectivity index is 1.92. The molecule has 1 aliphatic heterocycles. The number of likely N-dealkylation sites (tertiary alicyclic amines) is 1. The molecule has 0 aromatic heterocycles. The highest BCUT2D eigenvalue weighted by atomic mass is 32.2. The number of anilines is 1. The van der Waals surface area contributed by atoms with E-state index in [2.05, 4.69) is 0 Å². The lowest BCUT2D eigenvalue weighted by atomic mass is 9.96. The maximum atomic E-state index is 13.4. The molecule has 8 heteroatoms. The average molecular weight is 430 g/mol. The van der Waals surface area contributed by atoms with Crippen molar-refractivity contribution in [2.75, 3.05) is 23.9 Å². The van der Waals surface area contributed by atoms with Crippen LogP contribution >= 0.6 is 0 Å². The number of hydrogen-bond acceptors (Lipinski definition) is 4. The van der Waals surface area contributed by atoms with Gasteiger partial charge in [-0.3, -0.25) is 13.9 Å². The number of primary amides is 1. The number of aryl methyl sites for hydroxylation is 2. The molecule has 1 fully saturated rings. The van der Waals surface area contributed by atoms with Crippen LogP contribution in [0.2, 0.25) is 0 Å². The molecule has 3 rings (SSSR count). The van der Waals surface area contributed by atoms with Gasteiger partial charge in [0.25, 0.3) is 10.0 Å². The Morgan fingerprint density at radius 1 is 1.07 bits per heavy atom. The van der Waals surface area contributed by atoms with Crippen LogP contribution in [-0.4, -0.2) is 44.8 Å². The predicted molar refractivity (Wildman–Crippen MR) is 115 cm³/mol. The summed E-state index contributed by atoms with van der Waals surface area (Å²) < 4.78 is 28.1. The van der Waals surface area contributed by atoms with Gasteiger partial charge in [-0.15, -0.1) is 0 Å². The zero-order valence-corrected chi connectivity index (χ0v) is 18.1. The molecule has 0 aliphatic carbocycles. The third-order valence-electron chi connectivity index (χ3n) is 5.49. The maximum Gasteiger partial charge on any atom is 0.264 e. The molecular weight excluding hydrogens is 402 g/mol. The fourth-order valence-corrected chi connectivity index (χ4v) is 5.14. The van der Waals surface area contributed by atoms with Crippen LogP contribution in [0.25, 0.3) is 0 Å². The van der Waals surface area contributed by atoms with Gasteiger partial charge in [-0.05, 0) is 56.0 Å². The second-order valence-electron chi connectivity index (χ2n) is 7.67. The van der Waals surface area contributed by atoms with Gasteiger partial charge in [0.2, 0.25) is 11.8 Å². The first kappa shape index (κ1) is 21.8.